The number of aromatic amines is 1. The largest absolute Gasteiger partial charge is 0.480 e. The van der Waals surface area contributed by atoms with E-state index in [0.717, 1.165) is 24.3 Å². The van der Waals surface area contributed by atoms with Crippen LogP contribution in [0.1, 0.15) is 25.0 Å². The van der Waals surface area contributed by atoms with E-state index in [2.05, 4.69) is 15.3 Å². The van der Waals surface area contributed by atoms with Crippen molar-refractivity contribution in [3.05, 3.63) is 18.2 Å². The molecule has 6 nitrogen and oxygen atoms in total. The van der Waals surface area contributed by atoms with Crippen LogP contribution in [0, 0.1) is 5.92 Å². The minimum atomic E-state index is -1.02. The Hall–Kier alpha value is -1.50. The Kier molecular flexibility index (Phi) is 5.46. The molecule has 0 radical (unpaired) electrons. The van der Waals surface area contributed by atoms with Gasteiger partial charge in [0.2, 0.25) is 5.91 Å². The second kappa shape index (κ2) is 7.33. The number of imidazole rings is 1. The number of nitrogens with zero attached hydrogens (tertiary/aromatic N) is 1. The van der Waals surface area contributed by atoms with Gasteiger partial charge in [-0.25, -0.2) is 9.78 Å². The predicted molar refractivity (Wildman–Crippen MR) is 76.5 cm³/mol. The van der Waals surface area contributed by atoms with Gasteiger partial charge in [0.05, 0.1) is 6.33 Å². The smallest absolute Gasteiger partial charge is 0.326 e. The van der Waals surface area contributed by atoms with Crippen LogP contribution in [-0.4, -0.2) is 44.5 Å². The Morgan fingerprint density at radius 2 is 2.25 bits per heavy atom. The van der Waals surface area contributed by atoms with E-state index in [1.165, 1.54) is 6.33 Å². The minimum absolute atomic E-state index is 0.172. The molecule has 2 heterocycles. The number of hydrogen-bond donors (Lipinski definition) is 3. The maximum atomic E-state index is 11.9. The zero-order valence-corrected chi connectivity index (χ0v) is 12.0. The molecule has 2 rings (SSSR count). The third kappa shape index (κ3) is 4.56. The van der Waals surface area contributed by atoms with Crippen LogP contribution >= 0.6 is 11.8 Å². The lowest BCUT2D eigenvalue weighted by Gasteiger charge is -2.21. The lowest BCUT2D eigenvalue weighted by Crippen LogP contribution is -2.43. The van der Waals surface area contributed by atoms with Gasteiger partial charge in [-0.1, -0.05) is 0 Å². The zero-order chi connectivity index (χ0) is 14.4. The van der Waals surface area contributed by atoms with E-state index >= 15 is 0 Å². The first-order chi connectivity index (χ1) is 9.65. The molecule has 0 spiro atoms. The molecule has 1 saturated heterocycles. The summed E-state index contributed by atoms with van der Waals surface area (Å²) in [5.41, 5.74) is 0.701. The number of rotatable bonds is 6. The molecule has 1 aromatic heterocycles. The number of carbonyl (C=O) groups excluding carboxylic acids is 1. The average Bonchev–Trinajstić information content (AvgIpc) is 2.92. The van der Waals surface area contributed by atoms with E-state index in [0.29, 0.717) is 18.0 Å². The van der Waals surface area contributed by atoms with Crippen molar-refractivity contribution >= 4 is 23.6 Å². The number of H-pyrrole nitrogens is 1. The number of aliphatic carboxylic acids is 1. The minimum Gasteiger partial charge on any atom is -0.480 e. The Morgan fingerprint density at radius 3 is 2.85 bits per heavy atom. The fourth-order valence-electron chi connectivity index (χ4n) is 2.28. The summed E-state index contributed by atoms with van der Waals surface area (Å²) in [5, 5.41) is 11.8. The first-order valence-corrected chi connectivity index (χ1v) is 7.88. The highest BCUT2D eigenvalue weighted by Gasteiger charge is 2.23. The van der Waals surface area contributed by atoms with Crippen LogP contribution in [0.3, 0.4) is 0 Å². The Bertz CT molecular complexity index is 444. The second-order valence-corrected chi connectivity index (χ2v) is 6.22. The van der Waals surface area contributed by atoms with E-state index in [9.17, 15) is 14.7 Å². The van der Waals surface area contributed by atoms with Crippen molar-refractivity contribution in [2.45, 2.75) is 31.7 Å². The number of hydrogen-bond acceptors (Lipinski definition) is 4. The summed E-state index contributed by atoms with van der Waals surface area (Å²) in [6, 6.07) is -0.902. The van der Waals surface area contributed by atoms with E-state index < -0.39 is 12.0 Å². The summed E-state index contributed by atoms with van der Waals surface area (Å²) in [6.45, 7) is 0. The highest BCUT2D eigenvalue weighted by Crippen LogP contribution is 2.25. The second-order valence-electron chi connectivity index (χ2n) is 5.00. The summed E-state index contributed by atoms with van der Waals surface area (Å²) in [5.74, 6) is 1.38. The average molecular weight is 297 g/mol. The number of carboxylic acid groups (broad SMARTS) is 1. The molecule has 7 heteroatoms. The number of carboxylic acids is 1. The van der Waals surface area contributed by atoms with Crippen LogP contribution in [0.4, 0.5) is 0 Å². The number of carbonyl (C=O) groups is 2. The molecule has 1 atom stereocenters. The Morgan fingerprint density at radius 1 is 1.50 bits per heavy atom. The molecule has 1 fully saturated rings. The third-order valence-electron chi connectivity index (χ3n) is 3.43. The number of thioether (sulfide) groups is 1. The maximum Gasteiger partial charge on any atom is 0.326 e. The van der Waals surface area contributed by atoms with Crippen molar-refractivity contribution in [1.29, 1.82) is 0 Å². The van der Waals surface area contributed by atoms with Crippen molar-refractivity contribution in [3.63, 3.8) is 0 Å². The molecule has 1 amide bonds. The number of aromatic nitrogens is 2. The topological polar surface area (TPSA) is 95.1 Å². The van der Waals surface area contributed by atoms with Gasteiger partial charge in [0.25, 0.3) is 0 Å². The van der Waals surface area contributed by atoms with Gasteiger partial charge in [0.1, 0.15) is 6.04 Å². The van der Waals surface area contributed by atoms with Gasteiger partial charge in [-0.15, -0.1) is 0 Å². The molecular formula is C13H19N3O3S. The fraction of sp³-hybridized carbons (Fsp3) is 0.615. The van der Waals surface area contributed by atoms with E-state index in [1.807, 2.05) is 11.8 Å². The molecule has 1 aliphatic rings. The van der Waals surface area contributed by atoms with E-state index in [4.69, 9.17) is 0 Å². The van der Waals surface area contributed by atoms with Gasteiger partial charge in [-0.05, 0) is 30.3 Å². The lowest BCUT2D eigenvalue weighted by molar-refractivity contribution is -0.142. The van der Waals surface area contributed by atoms with Gasteiger partial charge >= 0.3 is 5.97 Å². The van der Waals surface area contributed by atoms with E-state index in [1.54, 1.807) is 6.20 Å². The predicted octanol–water partition coefficient (Wildman–Crippen LogP) is 1.05. The SMILES string of the molecule is O=C(CC1CCSCC1)NC(Cc1cnc[nH]1)C(=O)O. The summed E-state index contributed by atoms with van der Waals surface area (Å²) in [6.07, 6.45) is 5.79. The molecule has 0 saturated carbocycles. The van der Waals surface area contributed by atoms with Crippen LogP contribution in [0.5, 0.6) is 0 Å². The molecule has 1 aliphatic heterocycles. The first-order valence-electron chi connectivity index (χ1n) is 6.72. The van der Waals surface area contributed by atoms with Crippen molar-refractivity contribution in [3.8, 4) is 0 Å². The van der Waals surface area contributed by atoms with Gasteiger partial charge in [-0.3, -0.25) is 4.79 Å². The van der Waals surface area contributed by atoms with Gasteiger partial charge in [0.15, 0.2) is 0 Å². The Balaban J connectivity index is 1.83. The van der Waals surface area contributed by atoms with Gasteiger partial charge in [-0.2, -0.15) is 11.8 Å². The van der Waals surface area contributed by atoms with E-state index in [-0.39, 0.29) is 12.3 Å². The van der Waals surface area contributed by atoms with Crippen LogP contribution < -0.4 is 5.32 Å². The first kappa shape index (κ1) is 14.9. The quantitative estimate of drug-likeness (QED) is 0.729. The van der Waals surface area contributed by atoms with Crippen LogP contribution in [-0.2, 0) is 16.0 Å². The summed E-state index contributed by atoms with van der Waals surface area (Å²) < 4.78 is 0. The highest BCUT2D eigenvalue weighted by atomic mass is 32.2. The normalized spacial score (nSPS) is 17.6. The molecule has 0 aliphatic carbocycles. The fourth-order valence-corrected chi connectivity index (χ4v) is 3.49. The van der Waals surface area contributed by atoms with Crippen LogP contribution in [0.15, 0.2) is 12.5 Å². The molecule has 1 aromatic rings. The maximum absolute atomic E-state index is 11.9. The molecule has 1 unspecified atom stereocenters. The highest BCUT2D eigenvalue weighted by molar-refractivity contribution is 7.99. The molecule has 20 heavy (non-hydrogen) atoms. The Labute approximate surface area is 121 Å². The molecular weight excluding hydrogens is 278 g/mol. The van der Waals surface area contributed by atoms with Crippen molar-refractivity contribution < 1.29 is 14.7 Å². The van der Waals surface area contributed by atoms with Crippen molar-refractivity contribution in [2.75, 3.05) is 11.5 Å². The zero-order valence-electron chi connectivity index (χ0n) is 11.2. The number of nitrogens with one attached hydrogen (secondary N) is 2. The molecule has 0 aromatic carbocycles. The van der Waals surface area contributed by atoms with Crippen LogP contribution in [0.25, 0.3) is 0 Å². The third-order valence-corrected chi connectivity index (χ3v) is 4.48. The molecule has 3 N–H and O–H groups in total. The standard InChI is InChI=1S/C13H19N3O3S/c17-12(5-9-1-3-20-4-2-9)16-11(13(18)19)6-10-7-14-8-15-10/h7-9,11H,1-6H2,(H,14,15)(H,16,17)(H,18,19). The van der Waals surface area contributed by atoms with Gasteiger partial charge in [0, 0.05) is 24.7 Å². The van der Waals surface area contributed by atoms with Crippen LogP contribution in [0.2, 0.25) is 0 Å². The number of amides is 1. The molecule has 0 bridgehead atoms. The summed E-state index contributed by atoms with van der Waals surface area (Å²) in [4.78, 5) is 29.8. The lowest BCUT2D eigenvalue weighted by atomic mass is 9.98. The van der Waals surface area contributed by atoms with Gasteiger partial charge < -0.3 is 15.4 Å². The summed E-state index contributed by atoms with van der Waals surface area (Å²) >= 11 is 1.91. The van der Waals surface area contributed by atoms with Crippen molar-refractivity contribution in [2.24, 2.45) is 5.92 Å². The van der Waals surface area contributed by atoms with Crippen molar-refractivity contribution in [1.82, 2.24) is 15.3 Å². The summed E-state index contributed by atoms with van der Waals surface area (Å²) in [7, 11) is 0. The monoisotopic (exact) mass is 297 g/mol. The molecule has 110 valence electrons.